The number of rotatable bonds is 5. The Balaban J connectivity index is 1.82. The van der Waals surface area contributed by atoms with Gasteiger partial charge in [0.25, 0.3) is 0 Å². The number of nitrogens with zero attached hydrogens (tertiary/aromatic N) is 1. The van der Waals surface area contributed by atoms with Gasteiger partial charge >= 0.3 is 12.1 Å². The molecule has 1 N–H and O–H groups in total. The number of fused-ring (bicyclic) bond motifs is 1. The summed E-state index contributed by atoms with van der Waals surface area (Å²) in [5.74, 6) is -0.868. The van der Waals surface area contributed by atoms with Crippen LogP contribution in [0.5, 0.6) is 5.75 Å². The Morgan fingerprint density at radius 2 is 2.03 bits per heavy atom. The maximum atomic E-state index is 12.9. The molecule has 0 amide bonds. The first-order valence-corrected chi connectivity index (χ1v) is 8.38. The molecule has 1 aliphatic rings. The van der Waals surface area contributed by atoms with Crippen LogP contribution in [0, 0.1) is 0 Å². The normalized spacial score (nSPS) is 13.8. The fraction of sp³-hybridized carbons (Fsp3) is 0.200. The van der Waals surface area contributed by atoms with Crippen LogP contribution in [0.1, 0.15) is 16.7 Å². The molecule has 6 nitrogen and oxygen atoms in total. The maximum absolute atomic E-state index is 12.9. The minimum Gasteiger partial charge on any atom is -0.503 e. The second-order valence-electron chi connectivity index (χ2n) is 5.99. The van der Waals surface area contributed by atoms with E-state index in [4.69, 9.17) is 14.2 Å². The van der Waals surface area contributed by atoms with Gasteiger partial charge in [0.15, 0.2) is 6.61 Å². The van der Waals surface area contributed by atoms with Crippen molar-refractivity contribution in [3.63, 3.8) is 0 Å². The van der Waals surface area contributed by atoms with Crippen LogP contribution in [0.15, 0.2) is 53.7 Å². The molecule has 0 aliphatic carbocycles. The number of benzene rings is 2. The standard InChI is InChI=1S/C20H16F3NO5/c1-27-10-15(19(25)26)14-5-3-2-4-12(14)9-29-18-11-28-17-7-6-13(20(21,22)23)8-16(17)24-18/h2-8,10H,9,11H2,1H3,(H,25,26). The molecule has 2 aromatic rings. The topological polar surface area (TPSA) is 77.4 Å². The van der Waals surface area contributed by atoms with Gasteiger partial charge in [-0.2, -0.15) is 13.2 Å². The van der Waals surface area contributed by atoms with Gasteiger partial charge in [0.05, 0.1) is 18.9 Å². The molecule has 0 saturated heterocycles. The number of carboxylic acids is 1. The van der Waals surface area contributed by atoms with Gasteiger partial charge in [0.1, 0.15) is 23.6 Å². The van der Waals surface area contributed by atoms with Crippen molar-refractivity contribution in [1.82, 2.24) is 0 Å². The monoisotopic (exact) mass is 407 g/mol. The molecule has 2 aromatic carbocycles. The second kappa shape index (κ2) is 8.26. The zero-order valence-electron chi connectivity index (χ0n) is 15.2. The first-order chi connectivity index (χ1) is 13.8. The molecule has 152 valence electrons. The SMILES string of the molecule is COC=C(C(=O)O)c1ccccc1COC1=Nc2cc(C(F)(F)F)ccc2OC1. The molecule has 0 aromatic heterocycles. The summed E-state index contributed by atoms with van der Waals surface area (Å²) >= 11 is 0. The number of ether oxygens (including phenoxy) is 3. The van der Waals surface area contributed by atoms with Crippen LogP contribution in [0.3, 0.4) is 0 Å². The molecule has 9 heteroatoms. The van der Waals surface area contributed by atoms with Crippen molar-refractivity contribution in [3.8, 4) is 5.75 Å². The molecule has 0 bridgehead atoms. The van der Waals surface area contributed by atoms with E-state index in [1.54, 1.807) is 24.3 Å². The molecule has 0 saturated carbocycles. The van der Waals surface area contributed by atoms with Gasteiger partial charge in [-0.1, -0.05) is 24.3 Å². The minimum absolute atomic E-state index is 0.0138. The fourth-order valence-electron chi connectivity index (χ4n) is 2.70. The van der Waals surface area contributed by atoms with Gasteiger partial charge in [-0.15, -0.1) is 0 Å². The van der Waals surface area contributed by atoms with Crippen LogP contribution in [0.4, 0.5) is 18.9 Å². The number of carbonyl (C=O) groups is 1. The highest BCUT2D eigenvalue weighted by atomic mass is 19.4. The Hall–Kier alpha value is -3.49. The molecule has 0 unspecified atom stereocenters. The smallest absolute Gasteiger partial charge is 0.416 e. The Morgan fingerprint density at radius 1 is 1.28 bits per heavy atom. The van der Waals surface area contributed by atoms with E-state index < -0.39 is 17.7 Å². The average Bonchev–Trinajstić information content (AvgIpc) is 2.69. The summed E-state index contributed by atoms with van der Waals surface area (Å²) in [6, 6.07) is 9.66. The number of aliphatic imine (C=N–C) groups is 1. The average molecular weight is 407 g/mol. The predicted molar refractivity (Wildman–Crippen MR) is 97.9 cm³/mol. The number of carboxylic acid groups (broad SMARTS) is 1. The molecule has 1 aliphatic heterocycles. The largest absolute Gasteiger partial charge is 0.503 e. The van der Waals surface area contributed by atoms with Crippen LogP contribution < -0.4 is 4.74 Å². The lowest BCUT2D eigenvalue weighted by atomic mass is 10.0. The van der Waals surface area contributed by atoms with Crippen LogP contribution in [0.2, 0.25) is 0 Å². The maximum Gasteiger partial charge on any atom is 0.416 e. The lowest BCUT2D eigenvalue weighted by molar-refractivity contribution is -0.137. The minimum atomic E-state index is -4.50. The lowest BCUT2D eigenvalue weighted by Gasteiger charge is -2.19. The Morgan fingerprint density at radius 3 is 2.72 bits per heavy atom. The van der Waals surface area contributed by atoms with Gasteiger partial charge < -0.3 is 19.3 Å². The molecular formula is C20H16F3NO5. The predicted octanol–water partition coefficient (Wildman–Crippen LogP) is 4.42. The van der Waals surface area contributed by atoms with Crippen molar-refractivity contribution in [3.05, 3.63) is 65.4 Å². The Bertz CT molecular complexity index is 982. The quantitative estimate of drug-likeness (QED) is 0.587. The van der Waals surface area contributed by atoms with Crippen molar-refractivity contribution >= 4 is 23.1 Å². The van der Waals surface area contributed by atoms with E-state index in [2.05, 4.69) is 4.99 Å². The zero-order chi connectivity index (χ0) is 21.0. The second-order valence-corrected chi connectivity index (χ2v) is 5.99. The van der Waals surface area contributed by atoms with E-state index >= 15 is 0 Å². The number of halogens is 3. The summed E-state index contributed by atoms with van der Waals surface area (Å²) in [4.78, 5) is 15.6. The highest BCUT2D eigenvalue weighted by molar-refractivity contribution is 6.15. The molecule has 0 atom stereocenters. The van der Waals surface area contributed by atoms with Crippen LogP contribution in [-0.4, -0.2) is 30.7 Å². The third kappa shape index (κ3) is 4.68. The van der Waals surface area contributed by atoms with E-state index in [0.29, 0.717) is 11.1 Å². The van der Waals surface area contributed by atoms with Crippen LogP contribution in [0.25, 0.3) is 5.57 Å². The summed E-state index contributed by atoms with van der Waals surface area (Å²) in [5, 5.41) is 9.38. The summed E-state index contributed by atoms with van der Waals surface area (Å²) in [5.41, 5.74) is 0.0363. The number of hydrogen-bond donors (Lipinski definition) is 1. The van der Waals surface area contributed by atoms with E-state index in [1.165, 1.54) is 13.2 Å². The van der Waals surface area contributed by atoms with Gasteiger partial charge in [-0.05, 0) is 29.3 Å². The van der Waals surface area contributed by atoms with Gasteiger partial charge in [-0.3, -0.25) is 0 Å². The van der Waals surface area contributed by atoms with Crippen molar-refractivity contribution in [2.24, 2.45) is 4.99 Å². The number of hydrogen-bond acceptors (Lipinski definition) is 5. The molecule has 3 rings (SSSR count). The summed E-state index contributed by atoms with van der Waals surface area (Å²) in [7, 11) is 1.34. The first kappa shape index (κ1) is 20.2. The van der Waals surface area contributed by atoms with Gasteiger partial charge in [0.2, 0.25) is 5.90 Å². The van der Waals surface area contributed by atoms with Crippen molar-refractivity contribution < 1.29 is 37.3 Å². The van der Waals surface area contributed by atoms with Gasteiger partial charge in [-0.25, -0.2) is 9.79 Å². The van der Waals surface area contributed by atoms with Gasteiger partial charge in [0, 0.05) is 0 Å². The first-order valence-electron chi connectivity index (χ1n) is 8.38. The molecule has 1 heterocycles. The Kier molecular flexibility index (Phi) is 5.76. The Labute approximate surface area is 163 Å². The van der Waals surface area contributed by atoms with Crippen molar-refractivity contribution in [2.75, 3.05) is 13.7 Å². The van der Waals surface area contributed by atoms with E-state index in [0.717, 1.165) is 18.4 Å². The number of alkyl halides is 3. The van der Waals surface area contributed by atoms with Crippen molar-refractivity contribution in [1.29, 1.82) is 0 Å². The third-order valence-corrected chi connectivity index (χ3v) is 4.05. The molecule has 29 heavy (non-hydrogen) atoms. The van der Waals surface area contributed by atoms with Crippen molar-refractivity contribution in [2.45, 2.75) is 12.8 Å². The number of methoxy groups -OCH3 is 1. The molecule has 0 radical (unpaired) electrons. The number of aliphatic carboxylic acids is 1. The highest BCUT2D eigenvalue weighted by Crippen LogP contribution is 2.38. The molecule has 0 fully saturated rings. The van der Waals surface area contributed by atoms with Crippen LogP contribution in [-0.2, 0) is 27.1 Å². The molecular weight excluding hydrogens is 391 g/mol. The lowest BCUT2D eigenvalue weighted by Crippen LogP contribution is -2.19. The van der Waals surface area contributed by atoms with Crippen LogP contribution >= 0.6 is 0 Å². The summed E-state index contributed by atoms with van der Waals surface area (Å²) in [6.45, 7) is -0.110. The fourth-order valence-corrected chi connectivity index (χ4v) is 2.70. The summed E-state index contributed by atoms with van der Waals surface area (Å²) in [6.07, 6.45) is -3.39. The van der Waals surface area contributed by atoms with E-state index in [1.807, 2.05) is 0 Å². The summed E-state index contributed by atoms with van der Waals surface area (Å²) < 4.78 is 54.5. The van der Waals surface area contributed by atoms with E-state index in [9.17, 15) is 23.1 Å². The molecule has 0 spiro atoms. The zero-order valence-corrected chi connectivity index (χ0v) is 15.2. The van der Waals surface area contributed by atoms with E-state index in [-0.39, 0.29) is 36.1 Å². The highest BCUT2D eigenvalue weighted by Gasteiger charge is 2.32. The third-order valence-electron chi connectivity index (χ3n) is 4.05.